The van der Waals surface area contributed by atoms with Crippen molar-refractivity contribution < 1.29 is 9.47 Å². The molecule has 0 spiro atoms. The molecule has 0 aromatic carbocycles. The van der Waals surface area contributed by atoms with Gasteiger partial charge in [-0.3, -0.25) is 0 Å². The summed E-state index contributed by atoms with van der Waals surface area (Å²) < 4.78 is 10.2. The van der Waals surface area contributed by atoms with Gasteiger partial charge in [-0.1, -0.05) is 13.8 Å². The smallest absolute Gasteiger partial charge is 0.109 e. The first-order valence-electron chi connectivity index (χ1n) is 3.78. The molecule has 2 nitrogen and oxygen atoms in total. The summed E-state index contributed by atoms with van der Waals surface area (Å²) in [6.45, 7) is 10.1. The van der Waals surface area contributed by atoms with Crippen molar-refractivity contribution in [2.24, 2.45) is 5.92 Å². The molecule has 0 aliphatic rings. The van der Waals surface area contributed by atoms with Gasteiger partial charge in [-0.25, -0.2) is 0 Å². The molecule has 10 heavy (non-hydrogen) atoms. The van der Waals surface area contributed by atoms with Gasteiger partial charge in [0.05, 0.1) is 6.61 Å². The van der Waals surface area contributed by atoms with E-state index in [1.54, 1.807) is 6.61 Å². The van der Waals surface area contributed by atoms with E-state index in [1.165, 1.54) is 0 Å². The Bertz CT molecular complexity index is 62.3. The first-order chi connectivity index (χ1) is 4.77. The van der Waals surface area contributed by atoms with E-state index in [9.17, 15) is 0 Å². The second-order valence-electron chi connectivity index (χ2n) is 2.55. The Hall–Kier alpha value is -0.0800. The second-order valence-corrected chi connectivity index (χ2v) is 2.55. The summed E-state index contributed by atoms with van der Waals surface area (Å²) in [5, 5.41) is 0. The normalized spacial score (nSPS) is 10.8. The van der Waals surface area contributed by atoms with Crippen molar-refractivity contribution in [1.29, 1.82) is 0 Å². The van der Waals surface area contributed by atoms with Crippen LogP contribution in [0.25, 0.3) is 0 Å². The molecule has 0 rings (SSSR count). The Morgan fingerprint density at radius 1 is 1.40 bits per heavy atom. The highest BCUT2D eigenvalue weighted by atomic mass is 16.5. The van der Waals surface area contributed by atoms with E-state index < -0.39 is 0 Å². The van der Waals surface area contributed by atoms with E-state index in [-0.39, 0.29) is 0 Å². The summed E-state index contributed by atoms with van der Waals surface area (Å²) in [5.74, 6) is 0.595. The zero-order chi connectivity index (χ0) is 7.82. The Balaban J connectivity index is 2.77. The maximum absolute atomic E-state index is 5.15. The molecular formula is C8H17O2. The predicted octanol–water partition coefficient (Wildman–Crippen LogP) is 1.86. The van der Waals surface area contributed by atoms with Gasteiger partial charge < -0.3 is 9.47 Å². The van der Waals surface area contributed by atoms with E-state index in [2.05, 4.69) is 13.8 Å². The van der Waals surface area contributed by atoms with Crippen LogP contribution in [0, 0.1) is 12.5 Å². The average molecular weight is 145 g/mol. The van der Waals surface area contributed by atoms with Crippen LogP contribution >= 0.6 is 0 Å². The van der Waals surface area contributed by atoms with E-state index >= 15 is 0 Å². The lowest BCUT2D eigenvalue weighted by molar-refractivity contribution is 0.0872. The first-order valence-corrected chi connectivity index (χ1v) is 3.78. The molecule has 2 heteroatoms. The number of rotatable bonds is 6. The Morgan fingerprint density at radius 3 is 2.60 bits per heavy atom. The molecule has 0 heterocycles. The Labute approximate surface area is 63.5 Å². The molecule has 0 N–H and O–H groups in total. The summed E-state index contributed by atoms with van der Waals surface area (Å²) in [6.07, 6.45) is 0. The van der Waals surface area contributed by atoms with Crippen molar-refractivity contribution in [1.82, 2.24) is 0 Å². The lowest BCUT2D eigenvalue weighted by Crippen LogP contribution is -2.03. The molecule has 0 fully saturated rings. The van der Waals surface area contributed by atoms with Crippen molar-refractivity contribution in [2.75, 3.05) is 19.8 Å². The molecule has 0 unspecified atom stereocenters. The molecule has 0 bridgehead atoms. The van der Waals surface area contributed by atoms with E-state index in [0.717, 1.165) is 13.2 Å². The van der Waals surface area contributed by atoms with Crippen molar-refractivity contribution in [3.63, 3.8) is 0 Å². The molecule has 61 valence electrons. The van der Waals surface area contributed by atoms with Gasteiger partial charge in [0, 0.05) is 13.2 Å². The standard InChI is InChI=1S/C8H17O2/c1-4-9-5-6-10-7-8(2)3/h6,8H,4-5,7H2,1-3H3. The summed E-state index contributed by atoms with van der Waals surface area (Å²) in [4.78, 5) is 0. The van der Waals surface area contributed by atoms with Gasteiger partial charge in [0.2, 0.25) is 0 Å². The minimum Gasteiger partial charge on any atom is -0.379 e. The van der Waals surface area contributed by atoms with Crippen molar-refractivity contribution in [3.8, 4) is 0 Å². The average Bonchev–Trinajstić information content (AvgIpc) is 1.87. The van der Waals surface area contributed by atoms with Gasteiger partial charge in [-0.2, -0.15) is 0 Å². The molecule has 0 amide bonds. The van der Waals surface area contributed by atoms with Crippen LogP contribution in [0.4, 0.5) is 0 Å². The van der Waals surface area contributed by atoms with Gasteiger partial charge >= 0.3 is 0 Å². The highest BCUT2D eigenvalue weighted by molar-refractivity contribution is 4.48. The van der Waals surface area contributed by atoms with Crippen LogP contribution < -0.4 is 0 Å². The zero-order valence-electron chi connectivity index (χ0n) is 7.09. The van der Waals surface area contributed by atoms with Crippen molar-refractivity contribution in [2.45, 2.75) is 20.8 Å². The molecule has 0 aliphatic heterocycles. The van der Waals surface area contributed by atoms with Crippen LogP contribution in [0.15, 0.2) is 0 Å². The topological polar surface area (TPSA) is 18.5 Å². The molecule has 0 saturated carbocycles. The van der Waals surface area contributed by atoms with Crippen molar-refractivity contribution >= 4 is 0 Å². The zero-order valence-corrected chi connectivity index (χ0v) is 7.09. The fourth-order valence-electron chi connectivity index (χ4n) is 0.475. The van der Waals surface area contributed by atoms with Crippen LogP contribution in [-0.2, 0) is 9.47 Å². The lowest BCUT2D eigenvalue weighted by Gasteiger charge is -2.05. The summed E-state index contributed by atoms with van der Waals surface area (Å²) >= 11 is 0. The van der Waals surface area contributed by atoms with Crippen LogP contribution in [0.5, 0.6) is 0 Å². The van der Waals surface area contributed by atoms with Crippen LogP contribution in [0.1, 0.15) is 20.8 Å². The summed E-state index contributed by atoms with van der Waals surface area (Å²) in [5.41, 5.74) is 0. The van der Waals surface area contributed by atoms with E-state index in [4.69, 9.17) is 9.47 Å². The second kappa shape index (κ2) is 7.03. The largest absolute Gasteiger partial charge is 0.379 e. The number of ether oxygens (including phenoxy) is 2. The maximum atomic E-state index is 5.15. The Morgan fingerprint density at radius 2 is 2.10 bits per heavy atom. The first kappa shape index (κ1) is 9.92. The Kier molecular flexibility index (Phi) is 6.98. The van der Waals surface area contributed by atoms with Gasteiger partial charge in [0.15, 0.2) is 0 Å². The van der Waals surface area contributed by atoms with Gasteiger partial charge in [-0.15, -0.1) is 0 Å². The SMILES string of the molecule is CCOC[CH]OCC(C)C. The summed E-state index contributed by atoms with van der Waals surface area (Å²) in [6, 6.07) is 0. The lowest BCUT2D eigenvalue weighted by atomic mass is 10.2. The van der Waals surface area contributed by atoms with Crippen LogP contribution in [-0.4, -0.2) is 19.8 Å². The molecule has 0 saturated heterocycles. The van der Waals surface area contributed by atoms with Crippen LogP contribution in [0.2, 0.25) is 0 Å². The molecule has 0 aromatic heterocycles. The van der Waals surface area contributed by atoms with E-state index in [1.807, 2.05) is 6.92 Å². The maximum Gasteiger partial charge on any atom is 0.109 e. The highest BCUT2D eigenvalue weighted by Crippen LogP contribution is 1.93. The predicted molar refractivity (Wildman–Crippen MR) is 41.6 cm³/mol. The van der Waals surface area contributed by atoms with Gasteiger partial charge in [-0.05, 0) is 12.8 Å². The fraction of sp³-hybridized carbons (Fsp3) is 0.875. The van der Waals surface area contributed by atoms with E-state index in [0.29, 0.717) is 12.5 Å². The fourth-order valence-corrected chi connectivity index (χ4v) is 0.475. The molecule has 0 atom stereocenters. The molecule has 0 aromatic rings. The molecule has 0 aliphatic carbocycles. The van der Waals surface area contributed by atoms with Crippen LogP contribution in [0.3, 0.4) is 0 Å². The number of hydrogen-bond acceptors (Lipinski definition) is 2. The minimum atomic E-state index is 0.595. The molecular weight excluding hydrogens is 128 g/mol. The highest BCUT2D eigenvalue weighted by Gasteiger charge is 1.92. The third kappa shape index (κ3) is 7.92. The number of hydrogen-bond donors (Lipinski definition) is 0. The van der Waals surface area contributed by atoms with Gasteiger partial charge in [0.1, 0.15) is 6.61 Å². The molecule has 1 radical (unpaired) electrons. The quantitative estimate of drug-likeness (QED) is 0.531. The third-order valence-electron chi connectivity index (χ3n) is 0.937. The third-order valence-corrected chi connectivity index (χ3v) is 0.937. The summed E-state index contributed by atoms with van der Waals surface area (Å²) in [7, 11) is 0. The minimum absolute atomic E-state index is 0.595. The monoisotopic (exact) mass is 145 g/mol. The van der Waals surface area contributed by atoms with Crippen molar-refractivity contribution in [3.05, 3.63) is 6.61 Å². The van der Waals surface area contributed by atoms with Gasteiger partial charge in [0.25, 0.3) is 0 Å².